The van der Waals surface area contributed by atoms with E-state index in [2.05, 4.69) is 5.32 Å². The van der Waals surface area contributed by atoms with Crippen LogP contribution >= 0.6 is 0 Å². The van der Waals surface area contributed by atoms with Crippen LogP contribution in [0.1, 0.15) is 75.0 Å². The lowest BCUT2D eigenvalue weighted by atomic mass is 9.95. The van der Waals surface area contributed by atoms with Crippen LogP contribution in [-0.4, -0.2) is 50.0 Å². The van der Waals surface area contributed by atoms with Crippen LogP contribution < -0.4 is 9.62 Å². The molecule has 0 heterocycles. The van der Waals surface area contributed by atoms with Crippen LogP contribution in [0.15, 0.2) is 42.5 Å². The highest BCUT2D eigenvalue weighted by Crippen LogP contribution is 2.23. The molecule has 1 fully saturated rings. The molecule has 2 aromatic carbocycles. The van der Waals surface area contributed by atoms with Gasteiger partial charge in [-0.15, -0.1) is 0 Å². The van der Waals surface area contributed by atoms with Crippen molar-refractivity contribution >= 4 is 27.5 Å². The summed E-state index contributed by atoms with van der Waals surface area (Å²) in [5.41, 5.74) is 3.20. The summed E-state index contributed by atoms with van der Waals surface area (Å²) in [5, 5.41) is 3.15. The van der Waals surface area contributed by atoms with Crippen LogP contribution in [0.3, 0.4) is 0 Å². The highest BCUT2D eigenvalue weighted by atomic mass is 32.2. The van der Waals surface area contributed by atoms with Gasteiger partial charge in [0.1, 0.15) is 11.9 Å². The number of hydrogen-bond donors (Lipinski definition) is 1. The first-order chi connectivity index (χ1) is 18.5. The zero-order chi connectivity index (χ0) is 28.6. The van der Waals surface area contributed by atoms with E-state index in [9.17, 15) is 22.4 Å². The quantitative estimate of drug-likeness (QED) is 0.385. The molecule has 0 radical (unpaired) electrons. The third kappa shape index (κ3) is 9.05. The van der Waals surface area contributed by atoms with E-state index in [0.29, 0.717) is 18.5 Å². The van der Waals surface area contributed by atoms with Gasteiger partial charge in [0.05, 0.1) is 11.9 Å². The molecule has 214 valence electrons. The average Bonchev–Trinajstić information content (AvgIpc) is 2.86. The van der Waals surface area contributed by atoms with Crippen molar-refractivity contribution in [2.24, 2.45) is 0 Å². The standard InChI is InChI=1S/C30H42FN3O4S/c1-5-28(30(36)32-26-10-7-6-8-11-26)33(21-24-13-15-25(31)16-14-24)29(35)12-9-17-34(39(4,37)38)27-19-22(2)18-23(3)20-27/h13-16,18-20,26,28H,5-12,17,21H2,1-4H3,(H,32,36). The second-order valence-corrected chi connectivity index (χ2v) is 12.6. The summed E-state index contributed by atoms with van der Waals surface area (Å²) >= 11 is 0. The van der Waals surface area contributed by atoms with Crippen LogP contribution in [0.5, 0.6) is 0 Å². The lowest BCUT2D eigenvalue weighted by molar-refractivity contribution is -0.141. The van der Waals surface area contributed by atoms with Gasteiger partial charge in [-0.1, -0.05) is 44.4 Å². The Morgan fingerprint density at radius 1 is 1.03 bits per heavy atom. The van der Waals surface area contributed by atoms with Gasteiger partial charge >= 0.3 is 0 Å². The maximum absolute atomic E-state index is 13.6. The van der Waals surface area contributed by atoms with E-state index in [1.165, 1.54) is 22.9 Å². The minimum Gasteiger partial charge on any atom is -0.352 e. The minimum atomic E-state index is -3.56. The summed E-state index contributed by atoms with van der Waals surface area (Å²) in [7, 11) is -3.56. The van der Waals surface area contributed by atoms with Gasteiger partial charge in [0, 0.05) is 25.6 Å². The van der Waals surface area contributed by atoms with Gasteiger partial charge in [-0.2, -0.15) is 0 Å². The molecule has 0 bridgehead atoms. The van der Waals surface area contributed by atoms with Crippen LogP contribution in [0.2, 0.25) is 0 Å². The number of halogens is 1. The van der Waals surface area contributed by atoms with Gasteiger partial charge in [0.25, 0.3) is 0 Å². The van der Waals surface area contributed by atoms with E-state index in [0.717, 1.165) is 48.6 Å². The van der Waals surface area contributed by atoms with Gasteiger partial charge in [0.15, 0.2) is 0 Å². The smallest absolute Gasteiger partial charge is 0.243 e. The molecule has 7 nitrogen and oxygen atoms in total. The van der Waals surface area contributed by atoms with E-state index in [1.54, 1.807) is 17.0 Å². The molecule has 0 aliphatic heterocycles. The van der Waals surface area contributed by atoms with Gasteiger partial charge < -0.3 is 10.2 Å². The first kappa shape index (κ1) is 30.6. The van der Waals surface area contributed by atoms with Crippen molar-refractivity contribution in [3.8, 4) is 0 Å². The molecule has 1 aliphatic carbocycles. The molecule has 1 aliphatic rings. The molecule has 0 saturated heterocycles. The minimum absolute atomic E-state index is 0.0746. The van der Waals surface area contributed by atoms with Crippen LogP contribution in [0.25, 0.3) is 0 Å². The summed E-state index contributed by atoms with van der Waals surface area (Å²) < 4.78 is 40.1. The Bertz CT molecular complexity index is 1210. The Kier molecular flexibility index (Phi) is 10.9. The van der Waals surface area contributed by atoms with Gasteiger partial charge in [0.2, 0.25) is 21.8 Å². The lowest BCUT2D eigenvalue weighted by Gasteiger charge is -2.33. The number of carbonyl (C=O) groups excluding carboxylic acids is 2. The molecule has 1 N–H and O–H groups in total. The predicted molar refractivity (Wildman–Crippen MR) is 153 cm³/mol. The summed E-state index contributed by atoms with van der Waals surface area (Å²) in [6.07, 6.45) is 7.17. The number of sulfonamides is 1. The second-order valence-electron chi connectivity index (χ2n) is 10.7. The number of hydrogen-bond acceptors (Lipinski definition) is 4. The fraction of sp³-hybridized carbons (Fsp3) is 0.533. The Labute approximate surface area is 232 Å². The average molecular weight is 560 g/mol. The van der Waals surface area contributed by atoms with Crippen molar-refractivity contribution in [3.63, 3.8) is 0 Å². The predicted octanol–water partition coefficient (Wildman–Crippen LogP) is 5.25. The number of anilines is 1. The Morgan fingerprint density at radius 2 is 1.64 bits per heavy atom. The Balaban J connectivity index is 1.76. The van der Waals surface area contributed by atoms with Gasteiger partial charge in [-0.05, 0) is 80.5 Å². The van der Waals surface area contributed by atoms with E-state index >= 15 is 0 Å². The number of amides is 2. The number of benzene rings is 2. The van der Waals surface area contributed by atoms with Crippen LogP contribution in [0.4, 0.5) is 10.1 Å². The van der Waals surface area contributed by atoms with Crippen molar-refractivity contribution in [1.29, 1.82) is 0 Å². The fourth-order valence-corrected chi connectivity index (χ4v) is 6.30. The number of nitrogens with zero attached hydrogens (tertiary/aromatic N) is 2. The highest BCUT2D eigenvalue weighted by molar-refractivity contribution is 7.92. The summed E-state index contributed by atoms with van der Waals surface area (Å²) in [4.78, 5) is 28.5. The van der Waals surface area contributed by atoms with E-state index < -0.39 is 16.1 Å². The van der Waals surface area contributed by atoms with E-state index in [1.807, 2.05) is 39.0 Å². The molecule has 0 spiro atoms. The number of carbonyl (C=O) groups is 2. The van der Waals surface area contributed by atoms with Crippen molar-refractivity contribution in [2.75, 3.05) is 17.1 Å². The fourth-order valence-electron chi connectivity index (χ4n) is 5.35. The number of rotatable bonds is 12. The summed E-state index contributed by atoms with van der Waals surface area (Å²) in [6, 6.07) is 11.0. The van der Waals surface area contributed by atoms with Crippen LogP contribution in [0, 0.1) is 19.7 Å². The zero-order valence-corrected chi connectivity index (χ0v) is 24.4. The molecule has 2 aromatic rings. The molecule has 1 atom stereocenters. The Morgan fingerprint density at radius 3 is 2.21 bits per heavy atom. The highest BCUT2D eigenvalue weighted by Gasteiger charge is 2.30. The molecular formula is C30H42FN3O4S. The van der Waals surface area contributed by atoms with Crippen molar-refractivity contribution in [3.05, 3.63) is 65.0 Å². The van der Waals surface area contributed by atoms with E-state index in [-0.39, 0.29) is 43.2 Å². The van der Waals surface area contributed by atoms with Crippen molar-refractivity contribution in [1.82, 2.24) is 10.2 Å². The zero-order valence-electron chi connectivity index (χ0n) is 23.6. The number of aryl methyl sites for hydroxylation is 2. The largest absolute Gasteiger partial charge is 0.352 e. The number of nitrogens with one attached hydrogen (secondary N) is 1. The topological polar surface area (TPSA) is 86.8 Å². The van der Waals surface area contributed by atoms with Crippen LogP contribution in [-0.2, 0) is 26.2 Å². The van der Waals surface area contributed by atoms with Crippen molar-refractivity contribution in [2.45, 2.75) is 90.8 Å². The molecule has 1 unspecified atom stereocenters. The first-order valence-electron chi connectivity index (χ1n) is 13.9. The molecular weight excluding hydrogens is 517 g/mol. The second kappa shape index (κ2) is 13.9. The van der Waals surface area contributed by atoms with E-state index in [4.69, 9.17) is 0 Å². The monoisotopic (exact) mass is 559 g/mol. The third-order valence-electron chi connectivity index (χ3n) is 7.25. The SMILES string of the molecule is CCC(C(=O)NC1CCCCC1)N(Cc1ccc(F)cc1)C(=O)CCCN(c1cc(C)cc(C)c1)S(C)(=O)=O. The first-order valence-corrected chi connectivity index (χ1v) is 15.7. The molecule has 39 heavy (non-hydrogen) atoms. The normalized spacial score (nSPS) is 15.0. The lowest BCUT2D eigenvalue weighted by Crippen LogP contribution is -2.51. The van der Waals surface area contributed by atoms with Gasteiger partial charge in [-0.25, -0.2) is 12.8 Å². The molecule has 0 aromatic heterocycles. The Hall–Kier alpha value is -2.94. The molecule has 2 amide bonds. The molecule has 9 heteroatoms. The maximum Gasteiger partial charge on any atom is 0.243 e. The molecule has 3 rings (SSSR count). The van der Waals surface area contributed by atoms with Gasteiger partial charge in [-0.3, -0.25) is 13.9 Å². The molecule has 1 saturated carbocycles. The summed E-state index contributed by atoms with van der Waals surface area (Å²) in [5.74, 6) is -0.780. The third-order valence-corrected chi connectivity index (χ3v) is 8.44. The summed E-state index contributed by atoms with van der Waals surface area (Å²) in [6.45, 7) is 6.02. The maximum atomic E-state index is 13.6. The van der Waals surface area contributed by atoms with Crippen molar-refractivity contribution < 1.29 is 22.4 Å².